The van der Waals surface area contributed by atoms with E-state index in [0.717, 1.165) is 6.61 Å². The van der Waals surface area contributed by atoms with E-state index in [2.05, 4.69) is 6.58 Å². The smallest absolute Gasteiger partial charge is 0.0821 e. The molecule has 0 unspecified atom stereocenters. The molecule has 0 aliphatic heterocycles. The maximum Gasteiger partial charge on any atom is 0.0821 e. The first-order valence-electron chi connectivity index (χ1n) is 2.56. The van der Waals surface area contributed by atoms with Crippen molar-refractivity contribution in [1.29, 1.82) is 0 Å². The van der Waals surface area contributed by atoms with Crippen LogP contribution in [0.25, 0.3) is 0 Å². The monoisotopic (exact) mass is 115 g/mol. The van der Waals surface area contributed by atoms with Crippen LogP contribution in [0.15, 0.2) is 12.7 Å². The van der Waals surface area contributed by atoms with Gasteiger partial charge in [-0.15, -0.1) is 6.58 Å². The van der Waals surface area contributed by atoms with E-state index >= 15 is 0 Å². The molecule has 0 aromatic carbocycles. The van der Waals surface area contributed by atoms with Crippen LogP contribution in [0.2, 0.25) is 0 Å². The lowest BCUT2D eigenvalue weighted by Gasteiger charge is -1.95. The number of aliphatic hydroxyl groups is 1. The first kappa shape index (κ1) is 7.66. The second kappa shape index (κ2) is 6.66. The highest BCUT2D eigenvalue weighted by atomic mass is 16.5. The summed E-state index contributed by atoms with van der Waals surface area (Å²) in [5, 5.41) is 8.13. The molecule has 0 heterocycles. The molecule has 0 fully saturated rings. The van der Waals surface area contributed by atoms with Gasteiger partial charge in [-0.05, 0) is 6.42 Å². The molecule has 0 saturated carbocycles. The Morgan fingerprint density at radius 3 is 2.88 bits per heavy atom. The van der Waals surface area contributed by atoms with Crippen molar-refractivity contribution in [2.75, 3.05) is 13.2 Å². The zero-order valence-corrected chi connectivity index (χ0v) is 4.84. The van der Waals surface area contributed by atoms with Crippen molar-refractivity contribution in [2.24, 2.45) is 0 Å². The average Bonchev–Trinajstić information content (AvgIpc) is 1.81. The standard InChI is InChI=1S/C6H11O2/c1-2-5-8-6-3-4-7/h2,4,7H,1,3,5-6H2. The fourth-order valence-electron chi connectivity index (χ4n) is 0.303. The summed E-state index contributed by atoms with van der Waals surface area (Å²) < 4.78 is 4.91. The number of aliphatic hydroxyl groups excluding tert-OH is 1. The molecule has 0 bridgehead atoms. The lowest BCUT2D eigenvalue weighted by Crippen LogP contribution is -1.93. The van der Waals surface area contributed by atoms with E-state index in [-0.39, 0.29) is 0 Å². The Morgan fingerprint density at radius 1 is 1.62 bits per heavy atom. The third-order valence-electron chi connectivity index (χ3n) is 0.627. The molecule has 0 amide bonds. The number of hydrogen-bond donors (Lipinski definition) is 1. The second-order valence-corrected chi connectivity index (χ2v) is 1.33. The molecule has 0 aromatic heterocycles. The van der Waals surface area contributed by atoms with Crippen molar-refractivity contribution in [2.45, 2.75) is 6.42 Å². The summed E-state index contributed by atoms with van der Waals surface area (Å²) in [5.74, 6) is 0. The minimum Gasteiger partial charge on any atom is -0.390 e. The van der Waals surface area contributed by atoms with Crippen molar-refractivity contribution in [3.8, 4) is 0 Å². The Labute approximate surface area is 49.8 Å². The Kier molecular flexibility index (Phi) is 6.38. The van der Waals surface area contributed by atoms with E-state index in [1.165, 1.54) is 0 Å². The van der Waals surface area contributed by atoms with Gasteiger partial charge < -0.3 is 9.84 Å². The van der Waals surface area contributed by atoms with E-state index in [4.69, 9.17) is 9.84 Å². The normalized spacial score (nSPS) is 9.12. The third kappa shape index (κ3) is 5.66. The lowest BCUT2D eigenvalue weighted by molar-refractivity contribution is 0.154. The van der Waals surface area contributed by atoms with Gasteiger partial charge in [-0.25, -0.2) is 0 Å². The summed E-state index contributed by atoms with van der Waals surface area (Å²) in [5.41, 5.74) is 0. The molecule has 47 valence electrons. The van der Waals surface area contributed by atoms with Gasteiger partial charge in [0, 0.05) is 6.61 Å². The zero-order chi connectivity index (χ0) is 6.24. The molecule has 0 saturated heterocycles. The minimum atomic E-state index is 0.563. The summed E-state index contributed by atoms with van der Waals surface area (Å²) in [7, 11) is 0. The molecule has 0 aliphatic rings. The van der Waals surface area contributed by atoms with E-state index in [0.29, 0.717) is 19.6 Å². The maximum atomic E-state index is 8.13. The van der Waals surface area contributed by atoms with Crippen LogP contribution < -0.4 is 0 Å². The van der Waals surface area contributed by atoms with Crippen LogP contribution in [0.3, 0.4) is 0 Å². The van der Waals surface area contributed by atoms with Crippen molar-refractivity contribution in [3.63, 3.8) is 0 Å². The Bertz CT molecular complexity index is 52.5. The summed E-state index contributed by atoms with van der Waals surface area (Å²) >= 11 is 0. The van der Waals surface area contributed by atoms with Crippen LogP contribution in [0.4, 0.5) is 0 Å². The van der Waals surface area contributed by atoms with Gasteiger partial charge in [-0.2, -0.15) is 0 Å². The molecule has 1 radical (unpaired) electrons. The molecule has 2 nitrogen and oxygen atoms in total. The van der Waals surface area contributed by atoms with Crippen LogP contribution in [0, 0.1) is 6.61 Å². The Balaban J connectivity index is 2.62. The quantitative estimate of drug-likeness (QED) is 0.429. The van der Waals surface area contributed by atoms with Gasteiger partial charge in [0.25, 0.3) is 0 Å². The van der Waals surface area contributed by atoms with E-state index in [1.54, 1.807) is 6.08 Å². The molecular formula is C6H11O2. The molecular weight excluding hydrogens is 104 g/mol. The summed E-state index contributed by atoms with van der Waals surface area (Å²) in [6.07, 6.45) is 2.27. The summed E-state index contributed by atoms with van der Waals surface area (Å²) in [6.45, 7) is 5.68. The predicted octanol–water partition coefficient (Wildman–Crippen LogP) is 1.11. The van der Waals surface area contributed by atoms with Gasteiger partial charge in [-0.1, -0.05) is 6.08 Å². The summed E-state index contributed by atoms with van der Waals surface area (Å²) in [6, 6.07) is 0. The highest BCUT2D eigenvalue weighted by molar-refractivity contribution is 4.63. The second-order valence-electron chi connectivity index (χ2n) is 1.33. The summed E-state index contributed by atoms with van der Waals surface area (Å²) in [4.78, 5) is 0. The number of ether oxygens (including phenoxy) is 1. The van der Waals surface area contributed by atoms with Crippen LogP contribution >= 0.6 is 0 Å². The van der Waals surface area contributed by atoms with Crippen molar-refractivity contribution >= 4 is 0 Å². The maximum absolute atomic E-state index is 8.13. The van der Waals surface area contributed by atoms with Crippen molar-refractivity contribution in [3.05, 3.63) is 19.3 Å². The lowest BCUT2D eigenvalue weighted by atomic mass is 10.5. The van der Waals surface area contributed by atoms with Gasteiger partial charge in [0.1, 0.15) is 0 Å². The first-order chi connectivity index (χ1) is 3.91. The number of rotatable bonds is 5. The highest BCUT2D eigenvalue weighted by Crippen LogP contribution is 1.82. The topological polar surface area (TPSA) is 29.5 Å². The predicted molar refractivity (Wildman–Crippen MR) is 31.9 cm³/mol. The Morgan fingerprint density at radius 2 is 2.38 bits per heavy atom. The van der Waals surface area contributed by atoms with Crippen molar-refractivity contribution < 1.29 is 9.84 Å². The molecule has 0 atom stereocenters. The van der Waals surface area contributed by atoms with E-state index in [1.807, 2.05) is 0 Å². The van der Waals surface area contributed by atoms with Gasteiger partial charge in [0.05, 0.1) is 13.2 Å². The highest BCUT2D eigenvalue weighted by Gasteiger charge is 1.81. The van der Waals surface area contributed by atoms with Gasteiger partial charge in [0.2, 0.25) is 0 Å². The molecule has 0 aromatic rings. The minimum absolute atomic E-state index is 0.563. The largest absolute Gasteiger partial charge is 0.390 e. The van der Waals surface area contributed by atoms with E-state index < -0.39 is 0 Å². The fraction of sp³-hybridized carbons (Fsp3) is 0.500. The van der Waals surface area contributed by atoms with Crippen LogP contribution in [-0.4, -0.2) is 18.3 Å². The van der Waals surface area contributed by atoms with Crippen molar-refractivity contribution in [1.82, 2.24) is 0 Å². The zero-order valence-electron chi connectivity index (χ0n) is 4.84. The number of hydrogen-bond acceptors (Lipinski definition) is 2. The molecule has 1 N–H and O–H groups in total. The SMILES string of the molecule is C=CCOCC[CH]O. The van der Waals surface area contributed by atoms with Crippen LogP contribution in [0.5, 0.6) is 0 Å². The van der Waals surface area contributed by atoms with Gasteiger partial charge >= 0.3 is 0 Å². The molecule has 0 spiro atoms. The first-order valence-corrected chi connectivity index (χ1v) is 2.56. The van der Waals surface area contributed by atoms with Crippen LogP contribution in [-0.2, 0) is 4.74 Å². The molecule has 0 aliphatic carbocycles. The van der Waals surface area contributed by atoms with Gasteiger partial charge in [0.15, 0.2) is 0 Å². The van der Waals surface area contributed by atoms with Crippen LogP contribution in [0.1, 0.15) is 6.42 Å². The Hall–Kier alpha value is -0.340. The third-order valence-corrected chi connectivity index (χ3v) is 0.627. The fourth-order valence-corrected chi connectivity index (χ4v) is 0.303. The molecule has 0 rings (SSSR count). The van der Waals surface area contributed by atoms with Gasteiger partial charge in [-0.3, -0.25) is 0 Å². The average molecular weight is 115 g/mol. The van der Waals surface area contributed by atoms with E-state index in [9.17, 15) is 0 Å². The molecule has 2 heteroatoms. The molecule has 8 heavy (non-hydrogen) atoms.